The van der Waals surface area contributed by atoms with Gasteiger partial charge >= 0.3 is 0 Å². The summed E-state index contributed by atoms with van der Waals surface area (Å²) in [6.45, 7) is 6.27. The largest absolute Gasteiger partial charge is 0.459 e. The van der Waals surface area contributed by atoms with E-state index in [0.29, 0.717) is 13.2 Å². The van der Waals surface area contributed by atoms with Crippen molar-refractivity contribution in [1.82, 2.24) is 5.32 Å². The van der Waals surface area contributed by atoms with Gasteiger partial charge in [-0.1, -0.05) is 25.1 Å². The van der Waals surface area contributed by atoms with E-state index in [1.54, 1.807) is 7.11 Å². The summed E-state index contributed by atoms with van der Waals surface area (Å²) >= 11 is 0. The number of rotatable bonds is 9. The monoisotopic (exact) mass is 291 g/mol. The number of para-hydroxylation sites is 1. The maximum atomic E-state index is 5.95. The van der Waals surface area contributed by atoms with Crippen molar-refractivity contribution < 1.29 is 13.9 Å². The molecule has 2 atom stereocenters. The van der Waals surface area contributed by atoms with Crippen molar-refractivity contribution in [3.05, 3.63) is 36.1 Å². The number of furan rings is 1. The number of methoxy groups -OCH3 is 1. The van der Waals surface area contributed by atoms with Gasteiger partial charge in [0.05, 0.1) is 25.4 Å². The number of ether oxygens (including phenoxy) is 2. The van der Waals surface area contributed by atoms with Crippen molar-refractivity contribution in [3.8, 4) is 0 Å². The van der Waals surface area contributed by atoms with Crippen LogP contribution in [0.1, 0.15) is 32.1 Å². The Morgan fingerprint density at radius 1 is 1.24 bits per heavy atom. The van der Waals surface area contributed by atoms with Gasteiger partial charge in [-0.2, -0.15) is 0 Å². The Labute approximate surface area is 126 Å². The molecule has 0 bridgehead atoms. The second-order valence-electron chi connectivity index (χ2n) is 5.29. The zero-order valence-electron chi connectivity index (χ0n) is 13.1. The van der Waals surface area contributed by atoms with Gasteiger partial charge in [0.2, 0.25) is 0 Å². The molecule has 0 spiro atoms. The number of nitrogens with one attached hydrogen (secondary N) is 1. The molecule has 2 unspecified atom stereocenters. The summed E-state index contributed by atoms with van der Waals surface area (Å²) in [5.41, 5.74) is 0.917. The summed E-state index contributed by atoms with van der Waals surface area (Å²) in [7, 11) is 1.69. The summed E-state index contributed by atoms with van der Waals surface area (Å²) in [5.74, 6) is 0.925. The molecule has 116 valence electrons. The van der Waals surface area contributed by atoms with Crippen molar-refractivity contribution in [2.45, 2.75) is 32.4 Å². The summed E-state index contributed by atoms with van der Waals surface area (Å²) in [4.78, 5) is 0. The summed E-state index contributed by atoms with van der Waals surface area (Å²) in [6, 6.07) is 10.2. The first-order chi connectivity index (χ1) is 10.2. The Morgan fingerprint density at radius 3 is 2.76 bits per heavy atom. The number of hydrogen-bond donors (Lipinski definition) is 1. The predicted molar refractivity (Wildman–Crippen MR) is 84.5 cm³/mol. The van der Waals surface area contributed by atoms with Gasteiger partial charge in [-0.3, -0.25) is 0 Å². The van der Waals surface area contributed by atoms with Crippen molar-refractivity contribution in [2.75, 3.05) is 26.9 Å². The van der Waals surface area contributed by atoms with E-state index in [1.807, 2.05) is 25.1 Å². The zero-order valence-corrected chi connectivity index (χ0v) is 13.1. The van der Waals surface area contributed by atoms with Crippen molar-refractivity contribution in [1.29, 1.82) is 0 Å². The highest BCUT2D eigenvalue weighted by molar-refractivity contribution is 5.77. The lowest BCUT2D eigenvalue weighted by Gasteiger charge is -2.19. The van der Waals surface area contributed by atoms with Gasteiger partial charge in [0.15, 0.2) is 0 Å². The fraction of sp³-hybridized carbons (Fsp3) is 0.529. The molecule has 1 aromatic carbocycles. The third kappa shape index (κ3) is 4.56. The highest BCUT2D eigenvalue weighted by Gasteiger charge is 2.17. The van der Waals surface area contributed by atoms with E-state index in [0.717, 1.165) is 29.7 Å². The molecule has 0 fully saturated rings. The minimum Gasteiger partial charge on any atom is -0.459 e. The van der Waals surface area contributed by atoms with Crippen LogP contribution in [-0.4, -0.2) is 33.0 Å². The molecule has 0 radical (unpaired) electrons. The van der Waals surface area contributed by atoms with Crippen LogP contribution in [0.15, 0.2) is 34.7 Å². The molecular weight excluding hydrogens is 266 g/mol. The molecule has 4 heteroatoms. The first kappa shape index (κ1) is 16.0. The van der Waals surface area contributed by atoms with Gasteiger partial charge in [-0.05, 0) is 32.0 Å². The lowest BCUT2D eigenvalue weighted by molar-refractivity contribution is -0.00252. The highest BCUT2D eigenvalue weighted by Crippen LogP contribution is 2.24. The minimum atomic E-state index is 0.0663. The predicted octanol–water partition coefficient (Wildman–Crippen LogP) is 3.53. The summed E-state index contributed by atoms with van der Waals surface area (Å²) < 4.78 is 16.9. The van der Waals surface area contributed by atoms with Crippen LogP contribution in [0.5, 0.6) is 0 Å². The van der Waals surface area contributed by atoms with Gasteiger partial charge in [-0.15, -0.1) is 0 Å². The Bertz CT molecular complexity index is 505. The van der Waals surface area contributed by atoms with E-state index in [9.17, 15) is 0 Å². The van der Waals surface area contributed by atoms with Gasteiger partial charge in [0, 0.05) is 12.5 Å². The first-order valence-corrected chi connectivity index (χ1v) is 7.57. The van der Waals surface area contributed by atoms with Crippen LogP contribution in [0, 0.1) is 0 Å². The Morgan fingerprint density at radius 2 is 2.05 bits per heavy atom. The van der Waals surface area contributed by atoms with Gasteiger partial charge < -0.3 is 19.2 Å². The Hall–Kier alpha value is -1.36. The molecule has 0 aliphatic heterocycles. The minimum absolute atomic E-state index is 0.0663. The first-order valence-electron chi connectivity index (χ1n) is 7.57. The maximum absolute atomic E-state index is 5.95. The molecule has 0 saturated carbocycles. The second kappa shape index (κ2) is 8.17. The van der Waals surface area contributed by atoms with E-state index in [1.165, 1.54) is 0 Å². The molecule has 2 aromatic rings. The molecule has 1 aromatic heterocycles. The topological polar surface area (TPSA) is 43.6 Å². The molecule has 0 saturated heterocycles. The lowest BCUT2D eigenvalue weighted by atomic mass is 10.2. The third-order valence-electron chi connectivity index (χ3n) is 3.38. The standard InChI is InChI=1S/C17H25NO3/c1-4-9-18-15(12-20-13(2)11-19-3)17-10-14-7-5-6-8-16(14)21-17/h5-8,10,13,15,18H,4,9,11-12H2,1-3H3. The molecule has 4 nitrogen and oxygen atoms in total. The zero-order chi connectivity index (χ0) is 15.1. The average Bonchev–Trinajstić information content (AvgIpc) is 2.91. The van der Waals surface area contributed by atoms with E-state index in [4.69, 9.17) is 13.9 Å². The number of hydrogen-bond acceptors (Lipinski definition) is 4. The average molecular weight is 291 g/mol. The number of benzene rings is 1. The molecule has 1 N–H and O–H groups in total. The normalized spacial score (nSPS) is 14.4. The number of fused-ring (bicyclic) bond motifs is 1. The van der Waals surface area contributed by atoms with Crippen molar-refractivity contribution in [2.24, 2.45) is 0 Å². The van der Waals surface area contributed by atoms with Crippen molar-refractivity contribution >= 4 is 11.0 Å². The van der Waals surface area contributed by atoms with Crippen LogP contribution >= 0.6 is 0 Å². The molecule has 0 aliphatic carbocycles. The Kier molecular flexibility index (Phi) is 6.23. The van der Waals surface area contributed by atoms with Crippen LogP contribution in [0.25, 0.3) is 11.0 Å². The smallest absolute Gasteiger partial charge is 0.134 e. The fourth-order valence-corrected chi connectivity index (χ4v) is 2.28. The fourth-order valence-electron chi connectivity index (χ4n) is 2.28. The van der Waals surface area contributed by atoms with E-state index in [2.05, 4.69) is 24.4 Å². The Balaban J connectivity index is 2.07. The molecular formula is C17H25NO3. The molecule has 1 heterocycles. The molecule has 2 rings (SSSR count). The van der Waals surface area contributed by atoms with E-state index in [-0.39, 0.29) is 12.1 Å². The van der Waals surface area contributed by atoms with Crippen molar-refractivity contribution in [3.63, 3.8) is 0 Å². The van der Waals surface area contributed by atoms with Gasteiger partial charge in [0.25, 0.3) is 0 Å². The summed E-state index contributed by atoms with van der Waals surface area (Å²) in [5, 5.41) is 4.61. The van der Waals surface area contributed by atoms with Crippen LogP contribution in [0.4, 0.5) is 0 Å². The van der Waals surface area contributed by atoms with E-state index < -0.39 is 0 Å². The SMILES string of the molecule is CCCNC(COC(C)COC)c1cc2ccccc2o1. The van der Waals surface area contributed by atoms with Gasteiger partial charge in [-0.25, -0.2) is 0 Å². The third-order valence-corrected chi connectivity index (χ3v) is 3.38. The van der Waals surface area contributed by atoms with E-state index >= 15 is 0 Å². The molecule has 21 heavy (non-hydrogen) atoms. The van der Waals surface area contributed by atoms with Crippen LogP contribution in [0.2, 0.25) is 0 Å². The quantitative estimate of drug-likeness (QED) is 0.767. The summed E-state index contributed by atoms with van der Waals surface area (Å²) in [6.07, 6.45) is 1.15. The maximum Gasteiger partial charge on any atom is 0.134 e. The second-order valence-corrected chi connectivity index (χ2v) is 5.29. The van der Waals surface area contributed by atoms with Crippen LogP contribution < -0.4 is 5.32 Å². The highest BCUT2D eigenvalue weighted by atomic mass is 16.5. The molecule has 0 aliphatic rings. The van der Waals surface area contributed by atoms with Crippen LogP contribution in [0.3, 0.4) is 0 Å². The lowest BCUT2D eigenvalue weighted by Crippen LogP contribution is -2.28. The van der Waals surface area contributed by atoms with Gasteiger partial charge in [0.1, 0.15) is 11.3 Å². The van der Waals surface area contributed by atoms with Crippen LogP contribution in [-0.2, 0) is 9.47 Å². The molecule has 0 amide bonds.